The van der Waals surface area contributed by atoms with Crippen molar-refractivity contribution in [3.63, 3.8) is 0 Å². The van der Waals surface area contributed by atoms with Crippen LogP contribution < -0.4 is 4.74 Å². The number of rotatable bonds is 5. The highest BCUT2D eigenvalue weighted by Gasteiger charge is 1.94. The Balaban J connectivity index is 2.46. The van der Waals surface area contributed by atoms with Crippen LogP contribution in [0.1, 0.15) is 18.9 Å². The van der Waals surface area contributed by atoms with E-state index in [1.165, 1.54) is 0 Å². The fraction of sp³-hybridized carbons (Fsp3) is 0.455. The SMILES string of the molecule is CCCOCc1cccc(OC)c1. The molecule has 0 aliphatic carbocycles. The summed E-state index contributed by atoms with van der Waals surface area (Å²) >= 11 is 0. The minimum atomic E-state index is 0.672. The van der Waals surface area contributed by atoms with E-state index >= 15 is 0 Å². The number of hydrogen-bond acceptors (Lipinski definition) is 2. The Morgan fingerprint density at radius 2 is 2.15 bits per heavy atom. The van der Waals surface area contributed by atoms with E-state index in [1.807, 2.05) is 24.3 Å². The van der Waals surface area contributed by atoms with Gasteiger partial charge in [-0.15, -0.1) is 0 Å². The molecule has 13 heavy (non-hydrogen) atoms. The molecule has 0 aliphatic heterocycles. The maximum Gasteiger partial charge on any atom is 0.119 e. The number of ether oxygens (including phenoxy) is 2. The second-order valence-electron chi connectivity index (χ2n) is 2.90. The molecule has 0 N–H and O–H groups in total. The van der Waals surface area contributed by atoms with E-state index in [9.17, 15) is 0 Å². The van der Waals surface area contributed by atoms with Crippen molar-refractivity contribution in [1.82, 2.24) is 0 Å². The summed E-state index contributed by atoms with van der Waals surface area (Å²) in [6, 6.07) is 7.95. The van der Waals surface area contributed by atoms with Crippen LogP contribution in [0.3, 0.4) is 0 Å². The van der Waals surface area contributed by atoms with Crippen LogP contribution in [0.4, 0.5) is 0 Å². The average Bonchev–Trinajstić information content (AvgIpc) is 2.19. The predicted octanol–water partition coefficient (Wildman–Crippen LogP) is 2.62. The first-order valence-corrected chi connectivity index (χ1v) is 4.57. The lowest BCUT2D eigenvalue weighted by atomic mass is 10.2. The monoisotopic (exact) mass is 180 g/mol. The average molecular weight is 180 g/mol. The first-order chi connectivity index (χ1) is 6.36. The first kappa shape index (κ1) is 10.1. The highest BCUT2D eigenvalue weighted by Crippen LogP contribution is 2.13. The highest BCUT2D eigenvalue weighted by molar-refractivity contribution is 5.27. The Bertz CT molecular complexity index is 246. The van der Waals surface area contributed by atoms with Gasteiger partial charge in [-0.1, -0.05) is 19.1 Å². The fourth-order valence-corrected chi connectivity index (χ4v) is 1.10. The zero-order valence-corrected chi connectivity index (χ0v) is 8.25. The van der Waals surface area contributed by atoms with Gasteiger partial charge < -0.3 is 9.47 Å². The molecule has 72 valence electrons. The second kappa shape index (κ2) is 5.60. The maximum absolute atomic E-state index is 5.41. The van der Waals surface area contributed by atoms with Crippen molar-refractivity contribution in [2.45, 2.75) is 20.0 Å². The maximum atomic E-state index is 5.41. The molecular weight excluding hydrogens is 164 g/mol. The van der Waals surface area contributed by atoms with Gasteiger partial charge in [-0.25, -0.2) is 0 Å². The van der Waals surface area contributed by atoms with E-state index in [2.05, 4.69) is 6.92 Å². The Kier molecular flexibility index (Phi) is 4.33. The minimum absolute atomic E-state index is 0.672. The van der Waals surface area contributed by atoms with Crippen LogP contribution in [0.15, 0.2) is 24.3 Å². The lowest BCUT2D eigenvalue weighted by Crippen LogP contribution is -1.94. The van der Waals surface area contributed by atoms with Gasteiger partial charge in [-0.05, 0) is 24.1 Å². The van der Waals surface area contributed by atoms with E-state index in [1.54, 1.807) is 7.11 Å². The Labute approximate surface area is 79.5 Å². The summed E-state index contributed by atoms with van der Waals surface area (Å²) in [7, 11) is 1.67. The molecule has 0 amide bonds. The molecule has 1 aromatic rings. The molecule has 0 radical (unpaired) electrons. The molecular formula is C11H16O2. The third kappa shape index (κ3) is 3.47. The largest absolute Gasteiger partial charge is 0.497 e. The third-order valence-corrected chi connectivity index (χ3v) is 1.75. The molecule has 0 unspecified atom stereocenters. The summed E-state index contributed by atoms with van der Waals surface area (Å²) in [6.07, 6.45) is 1.06. The van der Waals surface area contributed by atoms with Crippen LogP contribution in [-0.2, 0) is 11.3 Å². The quantitative estimate of drug-likeness (QED) is 0.648. The zero-order valence-electron chi connectivity index (χ0n) is 8.25. The molecule has 0 aromatic heterocycles. The van der Waals surface area contributed by atoms with Gasteiger partial charge in [0.2, 0.25) is 0 Å². The van der Waals surface area contributed by atoms with Gasteiger partial charge in [0.15, 0.2) is 0 Å². The smallest absolute Gasteiger partial charge is 0.119 e. The topological polar surface area (TPSA) is 18.5 Å². The van der Waals surface area contributed by atoms with Crippen LogP contribution in [-0.4, -0.2) is 13.7 Å². The van der Waals surface area contributed by atoms with E-state index in [0.717, 1.165) is 24.3 Å². The molecule has 0 fully saturated rings. The molecule has 2 nitrogen and oxygen atoms in total. The Morgan fingerprint density at radius 3 is 2.85 bits per heavy atom. The summed E-state index contributed by atoms with van der Waals surface area (Å²) in [5, 5.41) is 0. The van der Waals surface area contributed by atoms with Gasteiger partial charge in [0.1, 0.15) is 5.75 Å². The van der Waals surface area contributed by atoms with Crippen molar-refractivity contribution in [2.24, 2.45) is 0 Å². The van der Waals surface area contributed by atoms with Crippen LogP contribution >= 0.6 is 0 Å². The highest BCUT2D eigenvalue weighted by atomic mass is 16.5. The Morgan fingerprint density at radius 1 is 1.31 bits per heavy atom. The van der Waals surface area contributed by atoms with Gasteiger partial charge in [0.25, 0.3) is 0 Å². The van der Waals surface area contributed by atoms with Crippen molar-refractivity contribution >= 4 is 0 Å². The molecule has 0 heterocycles. The van der Waals surface area contributed by atoms with Crippen molar-refractivity contribution in [2.75, 3.05) is 13.7 Å². The first-order valence-electron chi connectivity index (χ1n) is 4.57. The van der Waals surface area contributed by atoms with Gasteiger partial charge in [-0.3, -0.25) is 0 Å². The number of hydrogen-bond donors (Lipinski definition) is 0. The van der Waals surface area contributed by atoms with Gasteiger partial charge >= 0.3 is 0 Å². The van der Waals surface area contributed by atoms with E-state index in [-0.39, 0.29) is 0 Å². The minimum Gasteiger partial charge on any atom is -0.497 e. The number of methoxy groups -OCH3 is 1. The molecule has 1 aromatic carbocycles. The normalized spacial score (nSPS) is 10.0. The van der Waals surface area contributed by atoms with Crippen LogP contribution in [0.25, 0.3) is 0 Å². The summed E-state index contributed by atoms with van der Waals surface area (Å²) in [5.74, 6) is 0.887. The van der Waals surface area contributed by atoms with Gasteiger partial charge in [0, 0.05) is 6.61 Å². The van der Waals surface area contributed by atoms with Crippen molar-refractivity contribution in [3.8, 4) is 5.75 Å². The predicted molar refractivity (Wildman–Crippen MR) is 52.9 cm³/mol. The summed E-state index contributed by atoms with van der Waals surface area (Å²) in [4.78, 5) is 0. The van der Waals surface area contributed by atoms with E-state index in [4.69, 9.17) is 9.47 Å². The van der Waals surface area contributed by atoms with Crippen molar-refractivity contribution in [3.05, 3.63) is 29.8 Å². The van der Waals surface area contributed by atoms with Gasteiger partial charge in [0.05, 0.1) is 13.7 Å². The standard InChI is InChI=1S/C11H16O2/c1-3-7-13-9-10-5-4-6-11(8-10)12-2/h4-6,8H,3,7,9H2,1-2H3. The number of benzene rings is 1. The van der Waals surface area contributed by atoms with Gasteiger partial charge in [-0.2, -0.15) is 0 Å². The molecule has 1 rings (SSSR count). The lowest BCUT2D eigenvalue weighted by Gasteiger charge is -2.04. The van der Waals surface area contributed by atoms with E-state index in [0.29, 0.717) is 6.61 Å². The van der Waals surface area contributed by atoms with Crippen molar-refractivity contribution in [1.29, 1.82) is 0 Å². The molecule has 0 saturated carbocycles. The lowest BCUT2D eigenvalue weighted by molar-refractivity contribution is 0.121. The van der Waals surface area contributed by atoms with E-state index < -0.39 is 0 Å². The Hall–Kier alpha value is -1.02. The molecule has 2 heteroatoms. The van der Waals surface area contributed by atoms with Crippen LogP contribution in [0.5, 0.6) is 5.75 Å². The summed E-state index contributed by atoms with van der Waals surface area (Å²) in [6.45, 7) is 3.59. The molecule has 0 saturated heterocycles. The summed E-state index contributed by atoms with van der Waals surface area (Å²) in [5.41, 5.74) is 1.16. The molecule has 0 atom stereocenters. The fourth-order valence-electron chi connectivity index (χ4n) is 1.10. The third-order valence-electron chi connectivity index (χ3n) is 1.75. The zero-order chi connectivity index (χ0) is 9.52. The molecule has 0 bridgehead atoms. The molecule has 0 aliphatic rings. The van der Waals surface area contributed by atoms with Crippen LogP contribution in [0, 0.1) is 0 Å². The van der Waals surface area contributed by atoms with Crippen molar-refractivity contribution < 1.29 is 9.47 Å². The summed E-state index contributed by atoms with van der Waals surface area (Å²) < 4.78 is 10.5. The molecule has 0 spiro atoms. The van der Waals surface area contributed by atoms with Crippen LogP contribution in [0.2, 0.25) is 0 Å². The second-order valence-corrected chi connectivity index (χ2v) is 2.90.